The highest BCUT2D eigenvalue weighted by molar-refractivity contribution is 7.84. The van der Waals surface area contributed by atoms with Gasteiger partial charge >= 0.3 is 10.3 Å². The van der Waals surface area contributed by atoms with Gasteiger partial charge in [0.1, 0.15) is 12.0 Å². The second kappa shape index (κ2) is 5.58. The summed E-state index contributed by atoms with van der Waals surface area (Å²) in [5.41, 5.74) is 1.65. The number of aryl methyl sites for hydroxylation is 1. The average molecular weight is 326 g/mol. The minimum absolute atomic E-state index is 0.107. The van der Waals surface area contributed by atoms with Crippen LogP contribution in [0.5, 0.6) is 0 Å². The lowest BCUT2D eigenvalue weighted by Gasteiger charge is -2.21. The minimum Gasteiger partial charge on any atom is -0.391 e. The van der Waals surface area contributed by atoms with Crippen LogP contribution in [0.1, 0.15) is 24.6 Å². The summed E-state index contributed by atoms with van der Waals surface area (Å²) in [4.78, 5) is 8.44. The van der Waals surface area contributed by atoms with Gasteiger partial charge in [0.2, 0.25) is 0 Å². The van der Waals surface area contributed by atoms with E-state index in [1.807, 2.05) is 23.8 Å². The molecule has 3 atom stereocenters. The first-order valence-electron chi connectivity index (χ1n) is 7.00. The Morgan fingerprint density at radius 1 is 1.45 bits per heavy atom. The molecule has 9 heteroatoms. The molecule has 0 aromatic carbocycles. The summed E-state index contributed by atoms with van der Waals surface area (Å²) >= 11 is 0. The van der Waals surface area contributed by atoms with Crippen LogP contribution < -0.4 is 5.14 Å². The Morgan fingerprint density at radius 3 is 2.95 bits per heavy atom. The van der Waals surface area contributed by atoms with Crippen LogP contribution >= 0.6 is 0 Å². The first kappa shape index (κ1) is 15.3. The van der Waals surface area contributed by atoms with Crippen LogP contribution in [0.25, 0.3) is 11.0 Å². The smallest absolute Gasteiger partial charge is 0.333 e. The number of aliphatic hydroxyl groups excluding tert-OH is 1. The van der Waals surface area contributed by atoms with E-state index in [1.54, 1.807) is 0 Å². The Bertz CT molecular complexity index is 788. The van der Waals surface area contributed by atoms with Crippen LogP contribution in [0.2, 0.25) is 0 Å². The molecule has 22 heavy (non-hydrogen) atoms. The molecule has 3 N–H and O–H groups in total. The Kier molecular flexibility index (Phi) is 3.89. The van der Waals surface area contributed by atoms with Crippen LogP contribution in [0.4, 0.5) is 0 Å². The van der Waals surface area contributed by atoms with E-state index in [9.17, 15) is 13.5 Å². The van der Waals surface area contributed by atoms with E-state index in [0.717, 1.165) is 16.7 Å². The lowest BCUT2D eigenvalue weighted by molar-refractivity contribution is 0.0727. The summed E-state index contributed by atoms with van der Waals surface area (Å²) < 4.78 is 28.3. The quantitative estimate of drug-likeness (QED) is 0.832. The number of hydrogen-bond acceptors (Lipinski definition) is 6. The molecule has 1 aliphatic carbocycles. The molecule has 8 nitrogen and oxygen atoms in total. The predicted molar refractivity (Wildman–Crippen MR) is 79.1 cm³/mol. The Labute approximate surface area is 128 Å². The second-order valence-electron chi connectivity index (χ2n) is 5.59. The summed E-state index contributed by atoms with van der Waals surface area (Å²) in [5, 5.41) is 16.2. The minimum atomic E-state index is -3.99. The first-order valence-corrected chi connectivity index (χ1v) is 8.47. The third-order valence-corrected chi connectivity index (χ3v) is 4.69. The van der Waals surface area contributed by atoms with Crippen molar-refractivity contribution in [2.45, 2.75) is 31.9 Å². The zero-order valence-corrected chi connectivity index (χ0v) is 12.9. The van der Waals surface area contributed by atoms with E-state index < -0.39 is 16.4 Å². The fourth-order valence-corrected chi connectivity index (χ4v) is 3.44. The molecule has 120 valence electrons. The van der Waals surface area contributed by atoms with E-state index in [1.165, 1.54) is 6.33 Å². The molecular weight excluding hydrogens is 308 g/mol. The average Bonchev–Trinajstić information content (AvgIpc) is 3.00. The van der Waals surface area contributed by atoms with Gasteiger partial charge in [-0.1, -0.05) is 0 Å². The van der Waals surface area contributed by atoms with Crippen LogP contribution in [0.15, 0.2) is 18.6 Å². The first-order chi connectivity index (χ1) is 10.4. The van der Waals surface area contributed by atoms with Gasteiger partial charge in [0.25, 0.3) is 0 Å². The van der Waals surface area contributed by atoms with Gasteiger partial charge in [0.05, 0.1) is 24.4 Å². The molecule has 1 fully saturated rings. The lowest BCUT2D eigenvalue weighted by Crippen LogP contribution is -2.28. The maximum Gasteiger partial charge on any atom is 0.333 e. The molecule has 2 heterocycles. The Balaban J connectivity index is 1.82. The van der Waals surface area contributed by atoms with Crippen molar-refractivity contribution >= 4 is 21.3 Å². The highest BCUT2D eigenvalue weighted by atomic mass is 32.2. The zero-order valence-electron chi connectivity index (χ0n) is 12.1. The van der Waals surface area contributed by atoms with Crippen molar-refractivity contribution in [1.29, 1.82) is 0 Å². The molecule has 0 aliphatic heterocycles. The van der Waals surface area contributed by atoms with Crippen LogP contribution in [-0.4, -0.2) is 40.8 Å². The van der Waals surface area contributed by atoms with Gasteiger partial charge in [-0.25, -0.2) is 15.1 Å². The van der Waals surface area contributed by atoms with Crippen molar-refractivity contribution in [3.05, 3.63) is 24.3 Å². The van der Waals surface area contributed by atoms with Crippen molar-refractivity contribution in [1.82, 2.24) is 14.5 Å². The van der Waals surface area contributed by atoms with E-state index in [4.69, 9.17) is 5.14 Å². The Morgan fingerprint density at radius 2 is 2.23 bits per heavy atom. The third-order valence-electron chi connectivity index (χ3n) is 4.22. The molecule has 2 aromatic heterocycles. The lowest BCUT2D eigenvalue weighted by atomic mass is 10.1. The van der Waals surface area contributed by atoms with Crippen LogP contribution in [0.3, 0.4) is 0 Å². The maximum atomic E-state index is 10.9. The number of nitrogens with zero attached hydrogens (tertiary/aromatic N) is 3. The number of rotatable bonds is 4. The molecule has 3 rings (SSSR count). The normalized spacial score (nSPS) is 25.9. The fourth-order valence-electron chi connectivity index (χ4n) is 3.07. The van der Waals surface area contributed by atoms with Crippen LogP contribution in [0, 0.1) is 12.8 Å². The monoisotopic (exact) mass is 326 g/mol. The highest BCUT2D eigenvalue weighted by Crippen LogP contribution is 2.37. The maximum absolute atomic E-state index is 10.9. The van der Waals surface area contributed by atoms with Crippen molar-refractivity contribution in [3.8, 4) is 0 Å². The zero-order chi connectivity index (χ0) is 15.9. The molecule has 1 saturated carbocycles. The molecule has 0 bridgehead atoms. The van der Waals surface area contributed by atoms with E-state index in [0.29, 0.717) is 12.8 Å². The van der Waals surface area contributed by atoms with Crippen molar-refractivity contribution in [2.24, 2.45) is 11.1 Å². The van der Waals surface area contributed by atoms with Crippen molar-refractivity contribution < 1.29 is 17.7 Å². The van der Waals surface area contributed by atoms with Gasteiger partial charge in [-0.3, -0.25) is 4.18 Å². The van der Waals surface area contributed by atoms with Gasteiger partial charge < -0.3 is 9.67 Å². The number of fused-ring (bicyclic) bond motifs is 1. The van der Waals surface area contributed by atoms with E-state index in [-0.39, 0.29) is 18.6 Å². The molecule has 0 saturated heterocycles. The van der Waals surface area contributed by atoms with Gasteiger partial charge in [-0.2, -0.15) is 8.42 Å². The van der Waals surface area contributed by atoms with Gasteiger partial charge in [-0.15, -0.1) is 0 Å². The standard InChI is InChI=1S/C13H18N4O4S/c1-8-10-4-5-17(13(10)16-7-15-8)11-3-2-9(12(11)18)6-21-22(14,19)20/h4-5,7,9,11-12,18H,2-3,6H2,1H3,(H2,14,19,20)/t9-,11?,12+/m0/s1. The van der Waals surface area contributed by atoms with Gasteiger partial charge in [-0.05, 0) is 25.8 Å². The molecule has 0 radical (unpaired) electrons. The number of nitrogens with two attached hydrogens (primary N) is 1. The summed E-state index contributed by atoms with van der Waals surface area (Å²) in [5.74, 6) is -0.274. The van der Waals surface area contributed by atoms with Crippen molar-refractivity contribution in [2.75, 3.05) is 6.61 Å². The predicted octanol–water partition coefficient (Wildman–Crippen LogP) is 0.272. The molecule has 2 aromatic rings. The van der Waals surface area contributed by atoms with Gasteiger partial charge in [0.15, 0.2) is 0 Å². The topological polar surface area (TPSA) is 120 Å². The third kappa shape index (κ3) is 2.84. The molecule has 0 amide bonds. The largest absolute Gasteiger partial charge is 0.391 e. The van der Waals surface area contributed by atoms with E-state index >= 15 is 0 Å². The summed E-state index contributed by atoms with van der Waals surface area (Å²) in [6, 6.07) is 1.76. The summed E-state index contributed by atoms with van der Waals surface area (Å²) in [7, 11) is -3.99. The highest BCUT2D eigenvalue weighted by Gasteiger charge is 2.37. The van der Waals surface area contributed by atoms with Crippen LogP contribution in [-0.2, 0) is 14.5 Å². The second-order valence-corrected chi connectivity index (χ2v) is 6.81. The number of aliphatic hydroxyl groups is 1. The summed E-state index contributed by atoms with van der Waals surface area (Å²) in [6.45, 7) is 1.80. The molecular formula is C13H18N4O4S. The summed E-state index contributed by atoms with van der Waals surface area (Å²) in [6.07, 6.45) is 4.03. The number of hydrogen-bond donors (Lipinski definition) is 2. The van der Waals surface area contributed by atoms with Crippen molar-refractivity contribution in [3.63, 3.8) is 0 Å². The molecule has 1 unspecified atom stereocenters. The molecule has 1 aliphatic rings. The van der Waals surface area contributed by atoms with Gasteiger partial charge in [0, 0.05) is 17.5 Å². The Hall–Kier alpha value is -1.55. The van der Waals surface area contributed by atoms with E-state index in [2.05, 4.69) is 14.2 Å². The SMILES string of the molecule is Cc1ncnc2c1ccn2C1CC[C@@H](COS(N)(=O)=O)[C@H]1O. The number of aromatic nitrogens is 3. The molecule has 0 spiro atoms. The fraction of sp³-hybridized carbons (Fsp3) is 0.538.